The quantitative estimate of drug-likeness (QED) is 0.591. The van der Waals surface area contributed by atoms with Crippen molar-refractivity contribution in [1.82, 2.24) is 10.2 Å². The molecule has 1 N–H and O–H groups in total. The van der Waals surface area contributed by atoms with Gasteiger partial charge in [0.15, 0.2) is 10.9 Å². The molecule has 0 spiro atoms. The number of allylic oxidation sites excluding steroid dienone is 1. The molecule has 0 saturated carbocycles. The Hall–Kier alpha value is -2.66. The van der Waals surface area contributed by atoms with Gasteiger partial charge in [-0.1, -0.05) is 55.5 Å². The fourth-order valence-corrected chi connectivity index (χ4v) is 3.43. The predicted octanol–water partition coefficient (Wildman–Crippen LogP) is 4.49. The molecule has 27 heavy (non-hydrogen) atoms. The fraction of sp³-hybridized carbons (Fsp3) is 0.273. The van der Waals surface area contributed by atoms with Crippen LogP contribution in [-0.2, 0) is 0 Å². The molecule has 2 aromatic rings. The Kier molecular flexibility index (Phi) is 5.91. The average molecular weight is 381 g/mol. The Morgan fingerprint density at radius 3 is 2.52 bits per heavy atom. The van der Waals surface area contributed by atoms with Crippen LogP contribution in [0, 0.1) is 0 Å². The number of benzene rings is 2. The predicted molar refractivity (Wildman–Crippen MR) is 112 cm³/mol. The van der Waals surface area contributed by atoms with E-state index in [0.717, 1.165) is 23.4 Å². The van der Waals surface area contributed by atoms with Crippen molar-refractivity contribution in [2.45, 2.75) is 26.3 Å². The first-order chi connectivity index (χ1) is 13.0. The maximum Gasteiger partial charge on any atom is 0.193 e. The molecule has 5 heteroatoms. The third kappa shape index (κ3) is 3.88. The monoisotopic (exact) mass is 380 g/mol. The first-order valence-electron chi connectivity index (χ1n) is 9.11. The SMILES string of the molecule is CCCOc1ccccc1C1NC(=S)N(C)C(C)=C1C(=O)c1ccccc1. The Morgan fingerprint density at radius 2 is 1.81 bits per heavy atom. The van der Waals surface area contributed by atoms with Crippen LogP contribution in [0.5, 0.6) is 5.75 Å². The number of nitrogens with zero attached hydrogens (tertiary/aromatic N) is 1. The van der Waals surface area contributed by atoms with E-state index in [0.29, 0.717) is 22.9 Å². The zero-order valence-electron chi connectivity index (χ0n) is 15.9. The van der Waals surface area contributed by atoms with Crippen molar-refractivity contribution < 1.29 is 9.53 Å². The van der Waals surface area contributed by atoms with E-state index in [1.165, 1.54) is 0 Å². The maximum atomic E-state index is 13.4. The summed E-state index contributed by atoms with van der Waals surface area (Å²) in [7, 11) is 1.87. The van der Waals surface area contributed by atoms with E-state index >= 15 is 0 Å². The van der Waals surface area contributed by atoms with Crippen molar-refractivity contribution in [3.05, 3.63) is 77.0 Å². The number of rotatable bonds is 6. The van der Waals surface area contributed by atoms with Crippen LogP contribution < -0.4 is 10.1 Å². The molecule has 1 atom stereocenters. The topological polar surface area (TPSA) is 41.6 Å². The molecular weight excluding hydrogens is 356 g/mol. The standard InChI is InChI=1S/C22H24N2O2S/c1-4-14-26-18-13-9-8-12-17(18)20-19(15(2)24(3)22(27)23-20)21(25)16-10-6-5-7-11-16/h5-13,20H,4,14H2,1-3H3,(H,23,27). The summed E-state index contributed by atoms with van der Waals surface area (Å²) in [6.07, 6.45) is 0.915. The Labute approximate surface area is 165 Å². The third-order valence-electron chi connectivity index (χ3n) is 4.73. The molecule has 0 aromatic heterocycles. The number of hydrogen-bond acceptors (Lipinski definition) is 3. The molecule has 1 heterocycles. The van der Waals surface area contributed by atoms with Gasteiger partial charge in [-0.05, 0) is 31.6 Å². The summed E-state index contributed by atoms with van der Waals surface area (Å²) in [5.74, 6) is 0.764. The van der Waals surface area contributed by atoms with Gasteiger partial charge in [0.2, 0.25) is 0 Å². The highest BCUT2D eigenvalue weighted by Crippen LogP contribution is 2.36. The smallest absolute Gasteiger partial charge is 0.193 e. The lowest BCUT2D eigenvalue weighted by Gasteiger charge is -2.36. The summed E-state index contributed by atoms with van der Waals surface area (Å²) in [6, 6.07) is 16.8. The zero-order chi connectivity index (χ0) is 19.4. The Balaban J connectivity index is 2.10. The van der Waals surface area contributed by atoms with Gasteiger partial charge in [-0.15, -0.1) is 0 Å². The second-order valence-corrected chi connectivity index (χ2v) is 6.91. The van der Waals surface area contributed by atoms with Crippen LogP contribution in [0.1, 0.15) is 42.2 Å². The molecule has 1 unspecified atom stereocenters. The summed E-state index contributed by atoms with van der Waals surface area (Å²) in [6.45, 7) is 4.63. The number of ketones is 1. The molecule has 4 nitrogen and oxygen atoms in total. The largest absolute Gasteiger partial charge is 0.493 e. The lowest BCUT2D eigenvalue weighted by Crippen LogP contribution is -2.45. The van der Waals surface area contributed by atoms with Gasteiger partial charge in [-0.3, -0.25) is 4.79 Å². The number of para-hydroxylation sites is 1. The molecule has 0 saturated heterocycles. The van der Waals surface area contributed by atoms with E-state index in [2.05, 4.69) is 12.2 Å². The van der Waals surface area contributed by atoms with Gasteiger partial charge in [-0.2, -0.15) is 0 Å². The van der Waals surface area contributed by atoms with Crippen molar-refractivity contribution in [2.24, 2.45) is 0 Å². The van der Waals surface area contributed by atoms with Crippen LogP contribution in [-0.4, -0.2) is 29.5 Å². The summed E-state index contributed by atoms with van der Waals surface area (Å²) in [5, 5.41) is 3.92. The fourth-order valence-electron chi connectivity index (χ4n) is 3.17. The van der Waals surface area contributed by atoms with Gasteiger partial charge >= 0.3 is 0 Å². The van der Waals surface area contributed by atoms with Crippen LogP contribution in [0.2, 0.25) is 0 Å². The van der Waals surface area contributed by atoms with Crippen LogP contribution >= 0.6 is 12.2 Å². The highest BCUT2D eigenvalue weighted by Gasteiger charge is 2.34. The molecule has 0 radical (unpaired) electrons. The molecule has 140 valence electrons. The van der Waals surface area contributed by atoms with E-state index in [-0.39, 0.29) is 11.8 Å². The minimum atomic E-state index is -0.352. The van der Waals surface area contributed by atoms with Gasteiger partial charge in [0, 0.05) is 29.4 Å². The molecule has 2 aromatic carbocycles. The minimum absolute atomic E-state index is 0.00903. The molecule has 1 aliphatic heterocycles. The average Bonchev–Trinajstić information content (AvgIpc) is 2.70. The lowest BCUT2D eigenvalue weighted by atomic mass is 9.89. The molecule has 3 rings (SSSR count). The molecule has 0 aliphatic carbocycles. The number of carbonyl (C=O) groups is 1. The van der Waals surface area contributed by atoms with E-state index in [9.17, 15) is 4.79 Å². The van der Waals surface area contributed by atoms with Crippen molar-refractivity contribution >= 4 is 23.1 Å². The summed E-state index contributed by atoms with van der Waals surface area (Å²) >= 11 is 5.50. The second-order valence-electron chi connectivity index (χ2n) is 6.52. The van der Waals surface area contributed by atoms with Gasteiger partial charge < -0.3 is 15.0 Å². The maximum absolute atomic E-state index is 13.4. The van der Waals surface area contributed by atoms with Crippen molar-refractivity contribution in [3.8, 4) is 5.75 Å². The number of nitrogens with one attached hydrogen (secondary N) is 1. The number of carbonyl (C=O) groups excluding carboxylic acids is 1. The van der Waals surface area contributed by atoms with Crippen molar-refractivity contribution in [1.29, 1.82) is 0 Å². The highest BCUT2D eigenvalue weighted by atomic mass is 32.1. The van der Waals surface area contributed by atoms with Crippen LogP contribution in [0.4, 0.5) is 0 Å². The number of thiocarbonyl (C=S) groups is 1. The molecule has 0 amide bonds. The van der Waals surface area contributed by atoms with Gasteiger partial charge in [0.1, 0.15) is 5.75 Å². The van der Waals surface area contributed by atoms with Crippen molar-refractivity contribution in [3.63, 3.8) is 0 Å². The summed E-state index contributed by atoms with van der Waals surface area (Å²) in [4.78, 5) is 15.2. The lowest BCUT2D eigenvalue weighted by molar-refractivity contribution is 0.102. The zero-order valence-corrected chi connectivity index (χ0v) is 16.7. The van der Waals surface area contributed by atoms with E-state index in [1.54, 1.807) is 0 Å². The van der Waals surface area contributed by atoms with E-state index in [1.807, 2.05) is 73.5 Å². The minimum Gasteiger partial charge on any atom is -0.493 e. The Bertz CT molecular complexity index is 877. The second kappa shape index (κ2) is 8.35. The summed E-state index contributed by atoms with van der Waals surface area (Å²) in [5.41, 5.74) is 3.11. The third-order valence-corrected chi connectivity index (χ3v) is 5.12. The number of ether oxygens (including phenoxy) is 1. The van der Waals surface area contributed by atoms with Gasteiger partial charge in [0.25, 0.3) is 0 Å². The van der Waals surface area contributed by atoms with Gasteiger partial charge in [0.05, 0.1) is 12.6 Å². The van der Waals surface area contributed by atoms with E-state index < -0.39 is 0 Å². The normalized spacial score (nSPS) is 16.9. The Morgan fingerprint density at radius 1 is 1.15 bits per heavy atom. The highest BCUT2D eigenvalue weighted by molar-refractivity contribution is 7.80. The first kappa shape index (κ1) is 19.1. The van der Waals surface area contributed by atoms with Gasteiger partial charge in [-0.25, -0.2) is 0 Å². The molecule has 0 fully saturated rings. The molecule has 0 bridgehead atoms. The number of hydrogen-bond donors (Lipinski definition) is 1. The van der Waals surface area contributed by atoms with Crippen LogP contribution in [0.3, 0.4) is 0 Å². The molecule has 1 aliphatic rings. The van der Waals surface area contributed by atoms with E-state index in [4.69, 9.17) is 17.0 Å². The van der Waals surface area contributed by atoms with Crippen LogP contribution in [0.15, 0.2) is 65.9 Å². The van der Waals surface area contributed by atoms with Crippen molar-refractivity contribution in [2.75, 3.05) is 13.7 Å². The van der Waals surface area contributed by atoms with Crippen LogP contribution in [0.25, 0.3) is 0 Å². The summed E-state index contributed by atoms with van der Waals surface area (Å²) < 4.78 is 5.94. The molecular formula is C22H24N2O2S. The number of Topliss-reactive ketones (excluding diaryl/α,β-unsaturated/α-hetero) is 1. The first-order valence-corrected chi connectivity index (χ1v) is 9.51.